The lowest BCUT2D eigenvalue weighted by molar-refractivity contribution is 1.04. The largest absolute Gasteiger partial charge is 0.399 e. The number of anilines is 4. The first-order valence-electron chi connectivity index (χ1n) is 23.5. The van der Waals surface area contributed by atoms with Gasteiger partial charge in [0.1, 0.15) is 0 Å². The zero-order valence-electron chi connectivity index (χ0n) is 38.7. The van der Waals surface area contributed by atoms with Gasteiger partial charge in [-0.2, -0.15) is 0 Å². The van der Waals surface area contributed by atoms with Crippen LogP contribution in [0.5, 0.6) is 0 Å². The molecule has 68 heavy (non-hydrogen) atoms. The van der Waals surface area contributed by atoms with Crippen LogP contribution in [-0.4, -0.2) is 0 Å². The van der Waals surface area contributed by atoms with Crippen LogP contribution in [0.15, 0.2) is 267 Å². The van der Waals surface area contributed by atoms with Crippen LogP contribution in [0.2, 0.25) is 0 Å². The van der Waals surface area contributed by atoms with Gasteiger partial charge in [0, 0.05) is 22.7 Å². The molecule has 0 aromatic heterocycles. The van der Waals surface area contributed by atoms with Gasteiger partial charge in [-0.25, -0.2) is 0 Å². The molecule has 0 heterocycles. The van der Waals surface area contributed by atoms with E-state index in [1.807, 2.05) is 31.2 Å². The first kappa shape index (κ1) is 44.7. The monoisotopic (exact) mass is 876 g/mol. The van der Waals surface area contributed by atoms with Gasteiger partial charge in [-0.1, -0.05) is 219 Å². The third-order valence-electron chi connectivity index (χ3n) is 12.6. The smallest absolute Gasteiger partial charge is 0.0462 e. The molecular formula is C66H56N2. The van der Waals surface area contributed by atoms with Gasteiger partial charge in [-0.15, -0.1) is 0 Å². The van der Waals surface area contributed by atoms with Crippen LogP contribution in [0.3, 0.4) is 0 Å². The van der Waals surface area contributed by atoms with E-state index in [1.165, 1.54) is 67.6 Å². The van der Waals surface area contributed by atoms with Crippen molar-refractivity contribution in [3.63, 3.8) is 0 Å². The van der Waals surface area contributed by atoms with Crippen molar-refractivity contribution < 1.29 is 0 Å². The van der Waals surface area contributed by atoms with Crippen LogP contribution in [0.25, 0.3) is 55.7 Å². The Labute approximate surface area is 403 Å². The fraction of sp³-hybridized carbons (Fsp3) is 0.0606. The summed E-state index contributed by atoms with van der Waals surface area (Å²) in [5.41, 5.74) is 27.2. The van der Waals surface area contributed by atoms with Gasteiger partial charge in [-0.05, 0) is 153 Å². The molecule has 0 atom stereocenters. The van der Waals surface area contributed by atoms with Crippen molar-refractivity contribution in [2.75, 3.05) is 10.6 Å². The molecule has 9 aromatic carbocycles. The van der Waals surface area contributed by atoms with E-state index in [2.05, 4.69) is 248 Å². The Morgan fingerprint density at radius 2 is 0.809 bits per heavy atom. The first-order valence-corrected chi connectivity index (χ1v) is 23.5. The summed E-state index contributed by atoms with van der Waals surface area (Å²) in [4.78, 5) is 2.30. The van der Waals surface area contributed by atoms with Crippen molar-refractivity contribution in [1.82, 2.24) is 0 Å². The molecule has 9 aromatic rings. The Hall–Kier alpha value is -8.46. The first-order chi connectivity index (χ1) is 33.5. The molecule has 1 aliphatic carbocycles. The third-order valence-corrected chi connectivity index (χ3v) is 12.6. The molecule has 0 radical (unpaired) electrons. The van der Waals surface area contributed by atoms with E-state index in [-0.39, 0.29) is 0 Å². The molecule has 0 fully saturated rings. The van der Waals surface area contributed by atoms with E-state index in [9.17, 15) is 0 Å². The summed E-state index contributed by atoms with van der Waals surface area (Å²) in [6.45, 7) is 5.97. The molecule has 0 spiro atoms. The lowest BCUT2D eigenvalue weighted by Crippen LogP contribution is -2.09. The van der Waals surface area contributed by atoms with Crippen LogP contribution in [0.1, 0.15) is 42.0 Å². The van der Waals surface area contributed by atoms with Gasteiger partial charge < -0.3 is 10.6 Å². The number of allylic oxidation sites excluding steroid dienone is 7. The lowest BCUT2D eigenvalue weighted by Gasteiger charge is -2.26. The second-order valence-corrected chi connectivity index (χ2v) is 17.1. The molecule has 0 amide bonds. The molecular weight excluding hydrogens is 821 g/mol. The summed E-state index contributed by atoms with van der Waals surface area (Å²) >= 11 is 0. The zero-order valence-corrected chi connectivity index (χ0v) is 38.7. The maximum Gasteiger partial charge on any atom is 0.0462 e. The summed E-state index contributed by atoms with van der Waals surface area (Å²) in [6, 6.07) is 81.9. The maximum atomic E-state index is 5.91. The number of rotatable bonds is 12. The van der Waals surface area contributed by atoms with E-state index >= 15 is 0 Å². The minimum Gasteiger partial charge on any atom is -0.399 e. The summed E-state index contributed by atoms with van der Waals surface area (Å²) in [7, 11) is 0. The van der Waals surface area contributed by atoms with E-state index < -0.39 is 0 Å². The molecule has 10 rings (SSSR count). The molecule has 2 nitrogen and oxygen atoms in total. The fourth-order valence-corrected chi connectivity index (χ4v) is 8.74. The molecule has 2 N–H and O–H groups in total. The molecule has 2 heteroatoms. The van der Waals surface area contributed by atoms with Gasteiger partial charge in [0.2, 0.25) is 0 Å². The molecule has 0 aliphatic heterocycles. The Morgan fingerprint density at radius 3 is 1.19 bits per heavy atom. The highest BCUT2D eigenvalue weighted by atomic mass is 15.1. The highest BCUT2D eigenvalue weighted by molar-refractivity contribution is 5.82. The molecule has 1 aliphatic rings. The van der Waals surface area contributed by atoms with E-state index in [0.717, 1.165) is 52.3 Å². The topological polar surface area (TPSA) is 29.3 Å². The SMILES string of the molecule is C1=CC(c2ccc(Cc3ccc(-c4ccccc4)cc3)cc2)=CCC1.C=C/C(=C\C)c1ccc(-c2ccc(N(c3ccc(-c4ccccc4)cc3)c3ccc(-c4ccc(N)cc4)cc3)cc2)cc1. The Kier molecular flexibility index (Phi) is 14.3. The normalized spacial score (nSPS) is 12.1. The summed E-state index contributed by atoms with van der Waals surface area (Å²) in [6.07, 6.45) is 14.1. The second-order valence-electron chi connectivity index (χ2n) is 17.1. The molecule has 0 saturated heterocycles. The summed E-state index contributed by atoms with van der Waals surface area (Å²) in [5, 5.41) is 0. The average Bonchev–Trinajstić information content (AvgIpc) is 3.41. The van der Waals surface area contributed by atoms with Crippen LogP contribution >= 0.6 is 0 Å². The van der Waals surface area contributed by atoms with Gasteiger partial charge >= 0.3 is 0 Å². The quantitative estimate of drug-likeness (QED) is 0.0979. The molecule has 0 saturated carbocycles. The van der Waals surface area contributed by atoms with Gasteiger partial charge in [-0.3, -0.25) is 0 Å². The van der Waals surface area contributed by atoms with Crippen molar-refractivity contribution in [3.05, 3.63) is 290 Å². The number of hydrogen-bond donors (Lipinski definition) is 1. The van der Waals surface area contributed by atoms with E-state index in [4.69, 9.17) is 5.73 Å². The highest BCUT2D eigenvalue weighted by Gasteiger charge is 2.14. The summed E-state index contributed by atoms with van der Waals surface area (Å²) in [5.74, 6) is 0. The number of hydrogen-bond acceptors (Lipinski definition) is 2. The van der Waals surface area contributed by atoms with Crippen LogP contribution in [0, 0.1) is 0 Å². The molecule has 330 valence electrons. The van der Waals surface area contributed by atoms with Gasteiger partial charge in [0.05, 0.1) is 0 Å². The third kappa shape index (κ3) is 11.0. The molecule has 0 bridgehead atoms. The van der Waals surface area contributed by atoms with E-state index in [1.54, 1.807) is 0 Å². The van der Waals surface area contributed by atoms with Crippen molar-refractivity contribution >= 4 is 33.9 Å². The van der Waals surface area contributed by atoms with Crippen LogP contribution in [-0.2, 0) is 6.42 Å². The van der Waals surface area contributed by atoms with Crippen molar-refractivity contribution in [2.45, 2.75) is 26.2 Å². The Balaban J connectivity index is 0.000000195. The minimum absolute atomic E-state index is 0.768. The van der Waals surface area contributed by atoms with Gasteiger partial charge in [0.25, 0.3) is 0 Å². The Bertz CT molecular complexity index is 3120. The van der Waals surface area contributed by atoms with Crippen molar-refractivity contribution in [3.8, 4) is 44.5 Å². The molecule has 0 unspecified atom stereocenters. The zero-order chi connectivity index (χ0) is 46.5. The second kappa shape index (κ2) is 21.7. The maximum absolute atomic E-state index is 5.91. The average molecular weight is 877 g/mol. The fourth-order valence-electron chi connectivity index (χ4n) is 8.74. The predicted octanol–water partition coefficient (Wildman–Crippen LogP) is 18.0. The summed E-state index contributed by atoms with van der Waals surface area (Å²) < 4.78 is 0. The number of benzene rings is 9. The number of nitrogen functional groups attached to an aromatic ring is 1. The standard InChI is InChI=1S/C41H34N2.C25H22/c1-3-30(4-2)32-10-12-33(13-11-32)36-18-26-40(27-19-36)43(39-24-16-35(17-25-39)31-8-6-5-7-9-31)41-28-20-37(21-29-41)34-14-22-38(42)23-15-34;1-3-7-22(8-4-1)24-15-11-20(12-16-24)19-21-13-17-25(18-14-21)23-9-5-2-6-10-23/h3-29H,1,42H2,2H3;1,3-5,7-18H,2,6,19H2/b30-4+;. The van der Waals surface area contributed by atoms with Crippen LogP contribution in [0.4, 0.5) is 22.7 Å². The predicted molar refractivity (Wildman–Crippen MR) is 293 cm³/mol. The van der Waals surface area contributed by atoms with Crippen LogP contribution < -0.4 is 10.6 Å². The minimum atomic E-state index is 0.768. The highest BCUT2D eigenvalue weighted by Crippen LogP contribution is 2.38. The lowest BCUT2D eigenvalue weighted by atomic mass is 9.96. The van der Waals surface area contributed by atoms with Crippen molar-refractivity contribution in [2.24, 2.45) is 0 Å². The number of nitrogens with zero attached hydrogens (tertiary/aromatic N) is 1. The van der Waals surface area contributed by atoms with Gasteiger partial charge in [0.15, 0.2) is 0 Å². The number of nitrogens with two attached hydrogens (primary N) is 1. The Morgan fingerprint density at radius 1 is 0.441 bits per heavy atom. The van der Waals surface area contributed by atoms with E-state index in [0.29, 0.717) is 0 Å². The van der Waals surface area contributed by atoms with Crippen molar-refractivity contribution in [1.29, 1.82) is 0 Å².